The highest BCUT2D eigenvalue weighted by Crippen LogP contribution is 2.42. The van der Waals surface area contributed by atoms with Gasteiger partial charge in [0.15, 0.2) is 0 Å². The van der Waals surface area contributed by atoms with Gasteiger partial charge in [0.25, 0.3) is 0 Å². The summed E-state index contributed by atoms with van der Waals surface area (Å²) in [5, 5.41) is 11.6. The van der Waals surface area contributed by atoms with E-state index in [4.69, 9.17) is 0 Å². The first-order valence-corrected chi connectivity index (χ1v) is 7.55. The summed E-state index contributed by atoms with van der Waals surface area (Å²) in [6.45, 7) is 9.69. The molecule has 2 rings (SSSR count). The molecule has 1 saturated heterocycles. The van der Waals surface area contributed by atoms with E-state index < -0.39 is 5.60 Å². The first-order chi connectivity index (χ1) is 10.1. The predicted octanol–water partition coefficient (Wildman–Crippen LogP) is 3.51. The van der Waals surface area contributed by atoms with Gasteiger partial charge in [-0.25, -0.2) is 0 Å². The van der Waals surface area contributed by atoms with Crippen molar-refractivity contribution < 1.29 is 5.11 Å². The molecule has 0 aromatic heterocycles. The summed E-state index contributed by atoms with van der Waals surface area (Å²) in [6, 6.07) is 9.93. The molecule has 1 aromatic carbocycles. The molecule has 0 spiro atoms. The molecule has 1 N–H and O–H groups in total. The number of rotatable bonds is 5. The van der Waals surface area contributed by atoms with Crippen molar-refractivity contribution in [2.75, 3.05) is 20.1 Å². The van der Waals surface area contributed by atoms with Crippen LogP contribution in [-0.2, 0) is 5.60 Å². The van der Waals surface area contributed by atoms with Crippen LogP contribution in [-0.4, -0.2) is 30.1 Å². The van der Waals surface area contributed by atoms with Gasteiger partial charge in [0.05, 0.1) is 0 Å². The fourth-order valence-electron chi connectivity index (χ4n) is 3.23. The average Bonchev–Trinajstić information content (AvgIpc) is 2.53. The second-order valence-electron chi connectivity index (χ2n) is 5.77. The van der Waals surface area contributed by atoms with Crippen molar-refractivity contribution in [1.29, 1.82) is 0 Å². The SMILES string of the molecule is C=C/C=C(\C=C)C(O)(c1ccccc1)C1CCN(C)CC1. The standard InChI is InChI=1S/C19H25NO/c1-4-9-16(5-2)19(21,17-10-7-6-8-11-17)18-12-14-20(3)15-13-18/h4-11,18,21H,1-2,12-15H2,3H3/b16-9+. The van der Waals surface area contributed by atoms with Crippen LogP contribution in [0.3, 0.4) is 0 Å². The second kappa shape index (κ2) is 6.88. The Kier molecular flexibility index (Phi) is 5.16. The zero-order chi connectivity index (χ0) is 15.3. The number of likely N-dealkylation sites (tertiary alicyclic amines) is 1. The van der Waals surface area contributed by atoms with Crippen molar-refractivity contribution in [1.82, 2.24) is 4.90 Å². The Morgan fingerprint density at radius 1 is 1.24 bits per heavy atom. The van der Waals surface area contributed by atoms with Crippen LogP contribution in [0.25, 0.3) is 0 Å². The molecule has 2 nitrogen and oxygen atoms in total. The van der Waals surface area contributed by atoms with Crippen LogP contribution >= 0.6 is 0 Å². The molecule has 21 heavy (non-hydrogen) atoms. The Morgan fingerprint density at radius 2 is 1.86 bits per heavy atom. The Morgan fingerprint density at radius 3 is 2.38 bits per heavy atom. The van der Waals surface area contributed by atoms with Gasteiger partial charge in [0.2, 0.25) is 0 Å². The molecule has 0 amide bonds. The minimum Gasteiger partial charge on any atom is -0.380 e. The molecule has 0 saturated carbocycles. The molecule has 1 atom stereocenters. The van der Waals surface area contributed by atoms with Crippen LogP contribution in [0.2, 0.25) is 0 Å². The fourth-order valence-corrected chi connectivity index (χ4v) is 3.23. The Bertz CT molecular complexity index is 512. The first kappa shape index (κ1) is 15.7. The van der Waals surface area contributed by atoms with E-state index >= 15 is 0 Å². The third-order valence-corrected chi connectivity index (χ3v) is 4.48. The summed E-state index contributed by atoms with van der Waals surface area (Å²) < 4.78 is 0. The van der Waals surface area contributed by atoms with Crippen LogP contribution in [0.5, 0.6) is 0 Å². The third-order valence-electron chi connectivity index (χ3n) is 4.48. The van der Waals surface area contributed by atoms with Gasteiger partial charge in [-0.1, -0.05) is 61.7 Å². The normalized spacial score (nSPS) is 20.8. The molecule has 0 radical (unpaired) electrons. The summed E-state index contributed by atoms with van der Waals surface area (Å²) in [6.07, 6.45) is 7.31. The maximum absolute atomic E-state index is 11.6. The highest BCUT2D eigenvalue weighted by atomic mass is 16.3. The summed E-state index contributed by atoms with van der Waals surface area (Å²) >= 11 is 0. The lowest BCUT2D eigenvalue weighted by molar-refractivity contribution is -0.0115. The molecule has 1 aliphatic heterocycles. The summed E-state index contributed by atoms with van der Waals surface area (Å²) in [5.41, 5.74) is 0.782. The summed E-state index contributed by atoms with van der Waals surface area (Å²) in [5.74, 6) is 0.195. The molecule has 0 bridgehead atoms. The van der Waals surface area contributed by atoms with E-state index in [0.29, 0.717) is 0 Å². The minimum atomic E-state index is -0.988. The molecule has 0 aliphatic carbocycles. The Labute approximate surface area is 128 Å². The minimum absolute atomic E-state index is 0.195. The number of benzene rings is 1. The molecule has 112 valence electrons. The van der Waals surface area contributed by atoms with E-state index in [2.05, 4.69) is 25.1 Å². The lowest BCUT2D eigenvalue weighted by Gasteiger charge is -2.42. The number of aliphatic hydroxyl groups is 1. The number of allylic oxidation sites excluding steroid dienone is 2. The van der Waals surface area contributed by atoms with Gasteiger partial charge < -0.3 is 10.0 Å². The van der Waals surface area contributed by atoms with E-state index in [1.165, 1.54) is 0 Å². The van der Waals surface area contributed by atoms with Gasteiger partial charge in [-0.05, 0) is 50.0 Å². The van der Waals surface area contributed by atoms with Crippen LogP contribution in [0, 0.1) is 5.92 Å². The van der Waals surface area contributed by atoms with Gasteiger partial charge in [0.1, 0.15) is 5.60 Å². The van der Waals surface area contributed by atoms with Crippen molar-refractivity contribution in [3.63, 3.8) is 0 Å². The number of nitrogens with zero attached hydrogens (tertiary/aromatic N) is 1. The van der Waals surface area contributed by atoms with Gasteiger partial charge >= 0.3 is 0 Å². The first-order valence-electron chi connectivity index (χ1n) is 7.55. The van der Waals surface area contributed by atoms with Crippen LogP contribution in [0.4, 0.5) is 0 Å². The van der Waals surface area contributed by atoms with Crippen LogP contribution in [0.1, 0.15) is 18.4 Å². The van der Waals surface area contributed by atoms with Gasteiger partial charge in [-0.2, -0.15) is 0 Å². The summed E-state index contributed by atoms with van der Waals surface area (Å²) in [7, 11) is 2.13. The van der Waals surface area contributed by atoms with Crippen LogP contribution in [0.15, 0.2) is 67.3 Å². The van der Waals surface area contributed by atoms with Crippen molar-refractivity contribution >= 4 is 0 Å². The predicted molar refractivity (Wildman–Crippen MR) is 89.0 cm³/mol. The quantitative estimate of drug-likeness (QED) is 0.836. The molecule has 1 unspecified atom stereocenters. The van der Waals surface area contributed by atoms with Gasteiger partial charge in [-0.3, -0.25) is 0 Å². The lowest BCUT2D eigenvalue weighted by atomic mass is 9.71. The highest BCUT2D eigenvalue weighted by molar-refractivity contribution is 5.40. The van der Waals surface area contributed by atoms with Crippen molar-refractivity contribution in [2.45, 2.75) is 18.4 Å². The van der Waals surface area contributed by atoms with E-state index in [9.17, 15) is 5.11 Å². The van der Waals surface area contributed by atoms with Crippen LogP contribution < -0.4 is 0 Å². The van der Waals surface area contributed by atoms with E-state index in [1.54, 1.807) is 12.2 Å². The number of hydrogen-bond donors (Lipinski definition) is 1. The Hall–Kier alpha value is -1.64. The zero-order valence-corrected chi connectivity index (χ0v) is 12.8. The summed E-state index contributed by atoms with van der Waals surface area (Å²) in [4.78, 5) is 2.31. The van der Waals surface area contributed by atoms with Crippen molar-refractivity contribution in [3.8, 4) is 0 Å². The molecule has 2 heteroatoms. The van der Waals surface area contributed by atoms with Gasteiger partial charge in [-0.15, -0.1) is 0 Å². The maximum atomic E-state index is 11.6. The molecule has 1 aromatic rings. The van der Waals surface area contributed by atoms with E-state index in [1.807, 2.05) is 36.4 Å². The lowest BCUT2D eigenvalue weighted by Crippen LogP contribution is -2.43. The largest absolute Gasteiger partial charge is 0.380 e. The molecule has 1 aliphatic rings. The molecule has 1 fully saturated rings. The van der Waals surface area contributed by atoms with Crippen molar-refractivity contribution in [3.05, 3.63) is 72.9 Å². The maximum Gasteiger partial charge on any atom is 0.117 e. The smallest absolute Gasteiger partial charge is 0.117 e. The third kappa shape index (κ3) is 3.17. The van der Waals surface area contributed by atoms with Crippen molar-refractivity contribution in [2.24, 2.45) is 5.92 Å². The second-order valence-corrected chi connectivity index (χ2v) is 5.77. The average molecular weight is 283 g/mol. The van der Waals surface area contributed by atoms with E-state index in [-0.39, 0.29) is 5.92 Å². The Balaban J connectivity index is 2.46. The molecular weight excluding hydrogens is 258 g/mol. The monoisotopic (exact) mass is 283 g/mol. The topological polar surface area (TPSA) is 23.5 Å². The van der Waals surface area contributed by atoms with Gasteiger partial charge in [0, 0.05) is 0 Å². The molecule has 1 heterocycles. The fraction of sp³-hybridized carbons (Fsp3) is 0.368. The van der Waals surface area contributed by atoms with E-state index in [0.717, 1.165) is 37.1 Å². The number of hydrogen-bond acceptors (Lipinski definition) is 2. The molecular formula is C19H25NO. The number of piperidine rings is 1. The highest BCUT2D eigenvalue weighted by Gasteiger charge is 2.41. The zero-order valence-electron chi connectivity index (χ0n) is 12.8.